The van der Waals surface area contributed by atoms with Crippen molar-refractivity contribution in [2.24, 2.45) is 0 Å². The van der Waals surface area contributed by atoms with Crippen LogP contribution < -0.4 is 14.8 Å². The van der Waals surface area contributed by atoms with E-state index in [1.807, 2.05) is 0 Å². The fraction of sp³-hybridized carbons (Fsp3) is 0.182. The molecule has 3 N–H and O–H groups in total. The summed E-state index contributed by atoms with van der Waals surface area (Å²) >= 11 is 0. The van der Waals surface area contributed by atoms with Crippen LogP contribution in [0.4, 0.5) is 5.95 Å². The minimum atomic E-state index is -1.30. The predicted molar refractivity (Wildman–Crippen MR) is 68.6 cm³/mol. The molecule has 2 heterocycles. The smallest absolute Gasteiger partial charge is 0.354 e. The number of carbonyl (C=O) groups is 2. The van der Waals surface area contributed by atoms with Gasteiger partial charge in [0, 0.05) is 0 Å². The van der Waals surface area contributed by atoms with Crippen molar-refractivity contribution in [2.45, 2.75) is 0 Å². The maximum absolute atomic E-state index is 12.0. The Morgan fingerprint density at radius 1 is 1.24 bits per heavy atom. The van der Waals surface area contributed by atoms with Gasteiger partial charge in [-0.3, -0.25) is 10.1 Å². The second-order valence-electron chi connectivity index (χ2n) is 3.66. The molecule has 2 aromatic heterocycles. The number of nitrogens with zero attached hydrogens (tertiary/aromatic N) is 3. The van der Waals surface area contributed by atoms with E-state index < -0.39 is 11.9 Å². The number of anilines is 1. The number of hydrogen-bond acceptors (Lipinski definition) is 7. The molecule has 10 heteroatoms. The number of H-pyrrole nitrogens is 1. The van der Waals surface area contributed by atoms with E-state index in [0.29, 0.717) is 0 Å². The van der Waals surface area contributed by atoms with Crippen molar-refractivity contribution in [3.05, 3.63) is 23.8 Å². The van der Waals surface area contributed by atoms with Gasteiger partial charge in [-0.2, -0.15) is 9.97 Å². The topological polar surface area (TPSA) is 139 Å². The molecule has 110 valence electrons. The lowest BCUT2D eigenvalue weighted by Gasteiger charge is -2.06. The van der Waals surface area contributed by atoms with Crippen LogP contribution in [-0.4, -0.2) is 51.1 Å². The number of aromatic nitrogens is 4. The average molecular weight is 293 g/mol. The summed E-state index contributed by atoms with van der Waals surface area (Å²) in [5.41, 5.74) is -0.616. The van der Waals surface area contributed by atoms with Crippen molar-refractivity contribution in [1.29, 1.82) is 0 Å². The van der Waals surface area contributed by atoms with Gasteiger partial charge in [-0.05, 0) is 0 Å². The highest BCUT2D eigenvalue weighted by molar-refractivity contribution is 6.08. The molecule has 0 aliphatic heterocycles. The first-order chi connectivity index (χ1) is 10.0. The van der Waals surface area contributed by atoms with Crippen molar-refractivity contribution in [2.75, 3.05) is 19.5 Å². The van der Waals surface area contributed by atoms with Gasteiger partial charge >= 0.3 is 5.97 Å². The Kier molecular flexibility index (Phi) is 3.97. The van der Waals surface area contributed by atoms with E-state index in [2.05, 4.69) is 25.3 Å². The molecule has 21 heavy (non-hydrogen) atoms. The first kappa shape index (κ1) is 14.2. The third-order valence-corrected chi connectivity index (χ3v) is 2.39. The van der Waals surface area contributed by atoms with Gasteiger partial charge < -0.3 is 19.6 Å². The highest BCUT2D eigenvalue weighted by Gasteiger charge is 2.21. The number of imidazole rings is 1. The fourth-order valence-electron chi connectivity index (χ4n) is 1.46. The normalized spacial score (nSPS) is 10.0. The van der Waals surface area contributed by atoms with E-state index in [4.69, 9.17) is 14.6 Å². The number of carboxylic acid groups (broad SMARTS) is 1. The highest BCUT2D eigenvalue weighted by Crippen LogP contribution is 2.17. The molecule has 0 aliphatic carbocycles. The van der Waals surface area contributed by atoms with E-state index in [1.54, 1.807) is 0 Å². The van der Waals surface area contributed by atoms with Crippen LogP contribution in [-0.2, 0) is 0 Å². The molecule has 1 amide bonds. The zero-order chi connectivity index (χ0) is 15.4. The summed E-state index contributed by atoms with van der Waals surface area (Å²) in [6, 6.07) is 1.42. The van der Waals surface area contributed by atoms with Gasteiger partial charge in [-0.25, -0.2) is 9.78 Å². The highest BCUT2D eigenvalue weighted by atomic mass is 16.5. The zero-order valence-corrected chi connectivity index (χ0v) is 11.1. The largest absolute Gasteiger partial charge is 0.481 e. The van der Waals surface area contributed by atoms with Gasteiger partial charge in [0.2, 0.25) is 17.7 Å². The molecular weight excluding hydrogens is 282 g/mol. The SMILES string of the molecule is COc1cc(OC)nc(NC(=O)c2nc[nH]c2C(=O)O)n1. The van der Waals surface area contributed by atoms with Crippen LogP contribution in [0.25, 0.3) is 0 Å². The molecule has 0 bridgehead atoms. The summed E-state index contributed by atoms with van der Waals surface area (Å²) in [7, 11) is 2.78. The monoisotopic (exact) mass is 293 g/mol. The van der Waals surface area contributed by atoms with Gasteiger partial charge in [0.25, 0.3) is 5.91 Å². The van der Waals surface area contributed by atoms with E-state index in [0.717, 1.165) is 6.33 Å². The van der Waals surface area contributed by atoms with Crippen LogP contribution in [0.5, 0.6) is 11.8 Å². The summed E-state index contributed by atoms with van der Waals surface area (Å²) in [5.74, 6) is -1.82. The first-order valence-corrected chi connectivity index (χ1v) is 5.60. The maximum Gasteiger partial charge on any atom is 0.354 e. The Morgan fingerprint density at radius 2 is 1.86 bits per heavy atom. The van der Waals surface area contributed by atoms with Crippen LogP contribution in [0.15, 0.2) is 12.4 Å². The summed E-state index contributed by atoms with van der Waals surface area (Å²) in [5, 5.41) is 11.2. The number of carbonyl (C=O) groups excluding carboxylic acids is 1. The molecule has 0 saturated carbocycles. The second-order valence-corrected chi connectivity index (χ2v) is 3.66. The Balaban J connectivity index is 2.27. The number of hydrogen-bond donors (Lipinski definition) is 3. The molecular formula is C11H11N5O5. The minimum Gasteiger partial charge on any atom is -0.481 e. The van der Waals surface area contributed by atoms with Crippen molar-refractivity contribution in [3.63, 3.8) is 0 Å². The van der Waals surface area contributed by atoms with Gasteiger partial charge in [0.1, 0.15) is 0 Å². The standard InChI is InChI=1S/C11H11N5O5/c1-20-5-3-6(21-2)15-11(14-5)16-9(17)7-8(10(18)19)13-4-12-7/h3-4H,1-2H3,(H,12,13)(H,18,19)(H,14,15,16,17). The van der Waals surface area contributed by atoms with Crippen LogP contribution in [0.1, 0.15) is 21.0 Å². The van der Waals surface area contributed by atoms with Gasteiger partial charge in [0.05, 0.1) is 26.6 Å². The molecule has 0 fully saturated rings. The van der Waals surface area contributed by atoms with Crippen LogP contribution >= 0.6 is 0 Å². The molecule has 2 aromatic rings. The van der Waals surface area contributed by atoms with Crippen molar-refractivity contribution in [1.82, 2.24) is 19.9 Å². The van der Waals surface area contributed by atoms with Crippen molar-refractivity contribution >= 4 is 17.8 Å². The van der Waals surface area contributed by atoms with Gasteiger partial charge in [0.15, 0.2) is 11.4 Å². The third-order valence-electron chi connectivity index (χ3n) is 2.39. The molecule has 2 rings (SSSR count). The molecule has 0 aromatic carbocycles. The summed E-state index contributed by atoms with van der Waals surface area (Å²) in [6.45, 7) is 0. The zero-order valence-electron chi connectivity index (χ0n) is 11.1. The molecule has 0 spiro atoms. The van der Waals surface area contributed by atoms with E-state index >= 15 is 0 Å². The lowest BCUT2D eigenvalue weighted by atomic mass is 10.3. The number of aromatic amines is 1. The quantitative estimate of drug-likeness (QED) is 0.708. The Hall–Kier alpha value is -3.17. The number of nitrogens with one attached hydrogen (secondary N) is 2. The maximum atomic E-state index is 12.0. The number of amides is 1. The number of methoxy groups -OCH3 is 2. The van der Waals surface area contributed by atoms with E-state index in [9.17, 15) is 9.59 Å². The van der Waals surface area contributed by atoms with Crippen molar-refractivity contribution < 1.29 is 24.2 Å². The molecule has 10 nitrogen and oxygen atoms in total. The minimum absolute atomic E-state index is 0.101. The Morgan fingerprint density at radius 3 is 2.38 bits per heavy atom. The average Bonchev–Trinajstić information content (AvgIpc) is 2.96. The summed E-state index contributed by atoms with van der Waals surface area (Å²) in [4.78, 5) is 36.7. The van der Waals surface area contributed by atoms with E-state index in [1.165, 1.54) is 20.3 Å². The predicted octanol–water partition coefficient (Wildman–Crippen LogP) is 0.167. The number of aromatic carboxylic acids is 1. The number of ether oxygens (including phenoxy) is 2. The van der Waals surface area contributed by atoms with Gasteiger partial charge in [-0.15, -0.1) is 0 Å². The second kappa shape index (κ2) is 5.86. The summed E-state index contributed by atoms with van der Waals surface area (Å²) < 4.78 is 9.87. The Bertz CT molecular complexity index is 661. The molecule has 0 atom stereocenters. The molecule has 0 radical (unpaired) electrons. The van der Waals surface area contributed by atoms with Crippen LogP contribution in [0.3, 0.4) is 0 Å². The van der Waals surface area contributed by atoms with Crippen LogP contribution in [0, 0.1) is 0 Å². The fourth-order valence-corrected chi connectivity index (χ4v) is 1.46. The lowest BCUT2D eigenvalue weighted by molar-refractivity contribution is 0.0686. The van der Waals surface area contributed by atoms with Gasteiger partial charge in [-0.1, -0.05) is 0 Å². The Labute approximate surface area is 118 Å². The molecule has 0 aliphatic rings. The van der Waals surface area contributed by atoms with E-state index in [-0.39, 0.29) is 29.1 Å². The van der Waals surface area contributed by atoms with Crippen LogP contribution in [0.2, 0.25) is 0 Å². The lowest BCUT2D eigenvalue weighted by Crippen LogP contribution is -2.18. The third kappa shape index (κ3) is 3.05. The molecule has 0 unspecified atom stereocenters. The number of carboxylic acids is 1. The number of rotatable bonds is 5. The van der Waals surface area contributed by atoms with Crippen molar-refractivity contribution in [3.8, 4) is 11.8 Å². The summed E-state index contributed by atoms with van der Waals surface area (Å²) in [6.07, 6.45) is 1.10. The molecule has 0 saturated heterocycles. The first-order valence-electron chi connectivity index (χ1n) is 5.60.